The normalized spacial score (nSPS) is 10.2. The molecule has 0 spiro atoms. The van der Waals surface area contributed by atoms with Crippen molar-refractivity contribution in [3.05, 3.63) is 45.9 Å². The Balaban J connectivity index is 2.45. The van der Waals surface area contributed by atoms with Crippen LogP contribution < -0.4 is 15.8 Å². The first-order chi connectivity index (χ1) is 9.92. The highest BCUT2D eigenvalue weighted by Gasteiger charge is 2.13. The second-order valence-corrected chi connectivity index (χ2v) is 5.44. The molecule has 0 aromatic heterocycles. The van der Waals surface area contributed by atoms with Crippen LogP contribution in [0.4, 0.5) is 17.1 Å². The van der Waals surface area contributed by atoms with Crippen LogP contribution in [0.3, 0.4) is 0 Å². The number of methoxy groups -OCH3 is 1. The van der Waals surface area contributed by atoms with E-state index in [1.165, 1.54) is 6.07 Å². The van der Waals surface area contributed by atoms with Crippen molar-refractivity contribution in [1.29, 1.82) is 0 Å². The number of rotatable bonds is 4. The van der Waals surface area contributed by atoms with Crippen molar-refractivity contribution in [3.8, 4) is 5.75 Å². The standard InChI is InChI=1S/C15H15BrN2O3/c1-8-5-10(7-11(14(8)17)15(19)20)18-12-6-9(16)3-4-13(12)21-2/h3-7,18H,17H2,1-2H3,(H,19,20). The highest BCUT2D eigenvalue weighted by molar-refractivity contribution is 9.10. The monoisotopic (exact) mass is 350 g/mol. The van der Waals surface area contributed by atoms with E-state index in [0.717, 1.165) is 10.2 Å². The van der Waals surface area contributed by atoms with E-state index in [1.54, 1.807) is 20.1 Å². The van der Waals surface area contributed by atoms with Crippen LogP contribution in [0.5, 0.6) is 5.75 Å². The number of ether oxygens (including phenoxy) is 1. The predicted molar refractivity (Wildman–Crippen MR) is 86.5 cm³/mol. The number of aromatic carboxylic acids is 1. The molecule has 110 valence electrons. The maximum atomic E-state index is 11.2. The van der Waals surface area contributed by atoms with Gasteiger partial charge >= 0.3 is 5.97 Å². The number of carboxylic acids is 1. The molecular weight excluding hydrogens is 336 g/mol. The molecule has 0 unspecified atom stereocenters. The van der Waals surface area contributed by atoms with E-state index < -0.39 is 5.97 Å². The third kappa shape index (κ3) is 3.28. The summed E-state index contributed by atoms with van der Waals surface area (Å²) in [6.45, 7) is 1.77. The number of carboxylic acid groups (broad SMARTS) is 1. The average molecular weight is 351 g/mol. The average Bonchev–Trinajstić information content (AvgIpc) is 2.42. The Kier molecular flexibility index (Phi) is 4.37. The van der Waals surface area contributed by atoms with Crippen molar-refractivity contribution < 1.29 is 14.6 Å². The summed E-state index contributed by atoms with van der Waals surface area (Å²) in [6, 6.07) is 8.83. The van der Waals surface area contributed by atoms with Crippen molar-refractivity contribution in [1.82, 2.24) is 0 Å². The minimum Gasteiger partial charge on any atom is -0.495 e. The van der Waals surface area contributed by atoms with E-state index >= 15 is 0 Å². The molecule has 0 bridgehead atoms. The van der Waals surface area contributed by atoms with Crippen LogP contribution in [0.25, 0.3) is 0 Å². The summed E-state index contributed by atoms with van der Waals surface area (Å²) in [5.74, 6) is -0.398. The predicted octanol–water partition coefficient (Wildman–Crippen LogP) is 3.79. The van der Waals surface area contributed by atoms with Crippen molar-refractivity contribution in [3.63, 3.8) is 0 Å². The first kappa shape index (κ1) is 15.2. The second kappa shape index (κ2) is 6.05. The maximum absolute atomic E-state index is 11.2. The van der Waals surface area contributed by atoms with Crippen LogP contribution in [-0.4, -0.2) is 18.2 Å². The number of anilines is 3. The van der Waals surface area contributed by atoms with E-state index in [4.69, 9.17) is 10.5 Å². The molecule has 0 aliphatic heterocycles. The SMILES string of the molecule is COc1ccc(Br)cc1Nc1cc(C)c(N)c(C(=O)O)c1. The zero-order valence-corrected chi connectivity index (χ0v) is 13.2. The molecule has 0 aliphatic rings. The van der Waals surface area contributed by atoms with Gasteiger partial charge in [-0.3, -0.25) is 0 Å². The van der Waals surface area contributed by atoms with Gasteiger partial charge in [0.15, 0.2) is 0 Å². The summed E-state index contributed by atoms with van der Waals surface area (Å²) >= 11 is 3.39. The van der Waals surface area contributed by atoms with Crippen molar-refractivity contribution in [2.24, 2.45) is 0 Å². The second-order valence-electron chi connectivity index (χ2n) is 4.53. The first-order valence-corrected chi connectivity index (χ1v) is 6.95. The number of nitrogens with two attached hydrogens (primary N) is 1. The smallest absolute Gasteiger partial charge is 0.337 e. The van der Waals surface area contributed by atoms with Gasteiger partial charge in [0, 0.05) is 15.8 Å². The lowest BCUT2D eigenvalue weighted by molar-refractivity contribution is 0.0698. The highest BCUT2D eigenvalue weighted by Crippen LogP contribution is 2.32. The van der Waals surface area contributed by atoms with Gasteiger partial charge in [-0.15, -0.1) is 0 Å². The fourth-order valence-electron chi connectivity index (χ4n) is 1.98. The molecule has 0 saturated heterocycles. The first-order valence-electron chi connectivity index (χ1n) is 6.16. The Labute approximate surface area is 130 Å². The molecular formula is C15H15BrN2O3. The molecule has 0 heterocycles. The van der Waals surface area contributed by atoms with Crippen LogP contribution in [0.2, 0.25) is 0 Å². The Morgan fingerprint density at radius 3 is 2.67 bits per heavy atom. The topological polar surface area (TPSA) is 84.6 Å². The molecule has 2 rings (SSSR count). The van der Waals surface area contributed by atoms with E-state index in [0.29, 0.717) is 17.0 Å². The van der Waals surface area contributed by atoms with E-state index in [2.05, 4.69) is 21.2 Å². The lowest BCUT2D eigenvalue weighted by Crippen LogP contribution is -2.06. The van der Waals surface area contributed by atoms with Gasteiger partial charge in [0.05, 0.1) is 18.4 Å². The fraction of sp³-hybridized carbons (Fsp3) is 0.133. The van der Waals surface area contributed by atoms with E-state index in [9.17, 15) is 9.90 Å². The molecule has 2 aromatic carbocycles. The largest absolute Gasteiger partial charge is 0.495 e. The summed E-state index contributed by atoms with van der Waals surface area (Å²) in [7, 11) is 1.57. The van der Waals surface area contributed by atoms with E-state index in [-0.39, 0.29) is 11.3 Å². The minimum atomic E-state index is -1.06. The third-order valence-corrected chi connectivity index (χ3v) is 3.55. The minimum absolute atomic E-state index is 0.0754. The Bertz CT molecular complexity index is 702. The zero-order valence-electron chi connectivity index (χ0n) is 11.6. The molecule has 5 nitrogen and oxygen atoms in total. The van der Waals surface area contributed by atoms with Crippen LogP contribution >= 0.6 is 15.9 Å². The molecule has 0 amide bonds. The Hall–Kier alpha value is -2.21. The molecule has 21 heavy (non-hydrogen) atoms. The van der Waals surface area contributed by atoms with Gasteiger partial charge in [-0.1, -0.05) is 15.9 Å². The van der Waals surface area contributed by atoms with Gasteiger partial charge in [0.1, 0.15) is 5.75 Å². The van der Waals surface area contributed by atoms with Crippen molar-refractivity contribution in [2.45, 2.75) is 6.92 Å². The summed E-state index contributed by atoms with van der Waals surface area (Å²) in [5.41, 5.74) is 8.20. The molecule has 2 aromatic rings. The van der Waals surface area contributed by atoms with Gasteiger partial charge in [-0.2, -0.15) is 0 Å². The molecule has 0 aliphatic carbocycles. The number of aryl methyl sites for hydroxylation is 1. The van der Waals surface area contributed by atoms with Crippen LogP contribution in [0.15, 0.2) is 34.8 Å². The lowest BCUT2D eigenvalue weighted by atomic mass is 10.1. The van der Waals surface area contributed by atoms with Gasteiger partial charge in [0.25, 0.3) is 0 Å². The number of benzene rings is 2. The van der Waals surface area contributed by atoms with E-state index in [1.807, 2.05) is 18.2 Å². The molecule has 6 heteroatoms. The maximum Gasteiger partial charge on any atom is 0.337 e. The quantitative estimate of drug-likeness (QED) is 0.730. The van der Waals surface area contributed by atoms with Crippen molar-refractivity contribution in [2.75, 3.05) is 18.2 Å². The summed E-state index contributed by atoms with van der Waals surface area (Å²) in [6.07, 6.45) is 0. The third-order valence-electron chi connectivity index (χ3n) is 3.06. The molecule has 0 fully saturated rings. The van der Waals surface area contributed by atoms with Crippen LogP contribution in [0.1, 0.15) is 15.9 Å². The molecule has 0 atom stereocenters. The summed E-state index contributed by atoms with van der Waals surface area (Å²) in [4.78, 5) is 11.2. The number of hydrogen-bond donors (Lipinski definition) is 3. The Morgan fingerprint density at radius 2 is 2.05 bits per heavy atom. The lowest BCUT2D eigenvalue weighted by Gasteiger charge is -2.14. The highest BCUT2D eigenvalue weighted by atomic mass is 79.9. The van der Waals surface area contributed by atoms with Crippen molar-refractivity contribution >= 4 is 39.0 Å². The van der Waals surface area contributed by atoms with Gasteiger partial charge in [-0.05, 0) is 42.8 Å². The molecule has 0 radical (unpaired) electrons. The Morgan fingerprint density at radius 1 is 1.33 bits per heavy atom. The number of nitrogens with one attached hydrogen (secondary N) is 1. The zero-order chi connectivity index (χ0) is 15.6. The number of nitrogen functional groups attached to an aromatic ring is 1. The number of carbonyl (C=O) groups is 1. The fourth-order valence-corrected chi connectivity index (χ4v) is 2.34. The number of hydrogen-bond acceptors (Lipinski definition) is 4. The summed E-state index contributed by atoms with van der Waals surface area (Å²) < 4.78 is 6.17. The summed E-state index contributed by atoms with van der Waals surface area (Å²) in [5, 5.41) is 12.3. The molecule has 0 saturated carbocycles. The number of halogens is 1. The van der Waals surface area contributed by atoms with Gasteiger partial charge in [-0.25, -0.2) is 4.79 Å². The van der Waals surface area contributed by atoms with Crippen LogP contribution in [-0.2, 0) is 0 Å². The van der Waals surface area contributed by atoms with Gasteiger partial charge in [0.2, 0.25) is 0 Å². The van der Waals surface area contributed by atoms with Crippen LogP contribution in [0, 0.1) is 6.92 Å². The molecule has 4 N–H and O–H groups in total. The van der Waals surface area contributed by atoms with Gasteiger partial charge < -0.3 is 20.9 Å².